The Morgan fingerprint density at radius 2 is 2.06 bits per heavy atom. The second-order valence-corrected chi connectivity index (χ2v) is 4.34. The van der Waals surface area contributed by atoms with Gasteiger partial charge >= 0.3 is 0 Å². The van der Waals surface area contributed by atoms with Crippen molar-refractivity contribution in [1.82, 2.24) is 9.97 Å². The van der Waals surface area contributed by atoms with Crippen LogP contribution in [-0.4, -0.2) is 15.1 Å². The molecule has 4 nitrogen and oxygen atoms in total. The number of nitrogen functional groups attached to an aromatic ring is 1. The molecule has 1 aliphatic rings. The Hall–Kier alpha value is -1.68. The molecule has 1 aromatic rings. The van der Waals surface area contributed by atoms with E-state index in [4.69, 9.17) is 5.73 Å². The van der Waals surface area contributed by atoms with Crippen molar-refractivity contribution in [3.8, 4) is 0 Å². The van der Waals surface area contributed by atoms with Gasteiger partial charge in [0, 0.05) is 6.42 Å². The van der Waals surface area contributed by atoms with Crippen molar-refractivity contribution in [3.63, 3.8) is 0 Å². The molecule has 0 aromatic carbocycles. The second kappa shape index (κ2) is 3.72. The number of aliphatic hydroxyl groups is 1. The van der Waals surface area contributed by atoms with Crippen LogP contribution in [0.25, 0.3) is 6.08 Å². The first-order valence-electron chi connectivity index (χ1n) is 5.21. The molecule has 0 saturated heterocycles. The van der Waals surface area contributed by atoms with Gasteiger partial charge in [-0.3, -0.25) is 0 Å². The minimum absolute atomic E-state index is 0.301. The summed E-state index contributed by atoms with van der Waals surface area (Å²) in [6.07, 6.45) is 8.45. The summed E-state index contributed by atoms with van der Waals surface area (Å²) < 4.78 is 0. The first kappa shape index (κ1) is 10.8. The van der Waals surface area contributed by atoms with E-state index in [1.54, 1.807) is 13.8 Å². The highest BCUT2D eigenvalue weighted by Crippen LogP contribution is 2.24. The summed E-state index contributed by atoms with van der Waals surface area (Å²) in [5.41, 5.74) is 6.78. The van der Waals surface area contributed by atoms with Crippen LogP contribution in [0.3, 0.4) is 0 Å². The van der Waals surface area contributed by atoms with Crippen LogP contribution in [0.5, 0.6) is 0 Å². The van der Waals surface area contributed by atoms with Gasteiger partial charge in [0.05, 0.1) is 11.4 Å². The Balaban J connectivity index is 2.57. The third-order valence-electron chi connectivity index (χ3n) is 2.42. The lowest BCUT2D eigenvalue weighted by Gasteiger charge is -2.19. The summed E-state index contributed by atoms with van der Waals surface area (Å²) in [6, 6.07) is 0. The number of hydrogen-bond donors (Lipinski definition) is 2. The number of nitrogens with zero attached hydrogens (tertiary/aromatic N) is 2. The molecule has 0 unspecified atom stereocenters. The van der Waals surface area contributed by atoms with Crippen LogP contribution in [0.4, 0.5) is 5.82 Å². The molecule has 0 fully saturated rings. The lowest BCUT2D eigenvalue weighted by molar-refractivity contribution is 0.0743. The van der Waals surface area contributed by atoms with Crippen molar-refractivity contribution >= 4 is 11.9 Å². The van der Waals surface area contributed by atoms with E-state index in [2.05, 4.69) is 9.97 Å². The molecule has 3 N–H and O–H groups in total. The Morgan fingerprint density at radius 1 is 1.31 bits per heavy atom. The molecule has 0 aliphatic heterocycles. The van der Waals surface area contributed by atoms with E-state index < -0.39 is 5.60 Å². The topological polar surface area (TPSA) is 72.0 Å². The maximum Gasteiger partial charge on any atom is 0.148 e. The van der Waals surface area contributed by atoms with Gasteiger partial charge < -0.3 is 10.8 Å². The fourth-order valence-corrected chi connectivity index (χ4v) is 1.64. The number of anilines is 1. The third kappa shape index (κ3) is 1.97. The predicted octanol–water partition coefficient (Wildman–Crippen LogP) is 1.41. The summed E-state index contributed by atoms with van der Waals surface area (Å²) in [5.74, 6) is 0.301. The van der Waals surface area contributed by atoms with E-state index in [9.17, 15) is 5.11 Å². The lowest BCUT2D eigenvalue weighted by atomic mass is 10.0. The molecule has 0 radical (unpaired) electrons. The minimum Gasteiger partial charge on any atom is -0.384 e. The average Bonchev–Trinajstić information content (AvgIpc) is 2.39. The highest BCUT2D eigenvalue weighted by molar-refractivity contribution is 5.55. The monoisotopic (exact) mass is 217 g/mol. The van der Waals surface area contributed by atoms with Gasteiger partial charge in [0.2, 0.25) is 0 Å². The van der Waals surface area contributed by atoms with Crippen molar-refractivity contribution in [2.24, 2.45) is 0 Å². The van der Waals surface area contributed by atoms with Crippen LogP contribution >= 0.6 is 0 Å². The lowest BCUT2D eigenvalue weighted by Crippen LogP contribution is -2.22. The van der Waals surface area contributed by atoms with Gasteiger partial charge in [-0.25, -0.2) is 9.97 Å². The van der Waals surface area contributed by atoms with Crippen LogP contribution < -0.4 is 5.73 Å². The number of allylic oxidation sites excluding steroid dienone is 3. The van der Waals surface area contributed by atoms with Crippen LogP contribution in [0, 0.1) is 0 Å². The van der Waals surface area contributed by atoms with E-state index in [-0.39, 0.29) is 0 Å². The zero-order valence-electron chi connectivity index (χ0n) is 9.44. The van der Waals surface area contributed by atoms with Crippen LogP contribution in [0.2, 0.25) is 0 Å². The van der Waals surface area contributed by atoms with E-state index >= 15 is 0 Å². The van der Waals surface area contributed by atoms with E-state index in [0.717, 1.165) is 11.4 Å². The van der Waals surface area contributed by atoms with Gasteiger partial charge in [-0.15, -0.1) is 0 Å². The first-order chi connectivity index (χ1) is 7.48. The Morgan fingerprint density at radius 3 is 2.75 bits per heavy atom. The van der Waals surface area contributed by atoms with Gasteiger partial charge in [-0.1, -0.05) is 18.2 Å². The second-order valence-electron chi connectivity index (χ2n) is 4.34. The largest absolute Gasteiger partial charge is 0.384 e. The number of fused-ring (bicyclic) bond motifs is 1. The molecule has 0 saturated carbocycles. The van der Waals surface area contributed by atoms with Crippen LogP contribution in [0.1, 0.15) is 30.9 Å². The van der Waals surface area contributed by atoms with Gasteiger partial charge in [-0.2, -0.15) is 0 Å². The van der Waals surface area contributed by atoms with E-state index in [1.807, 2.05) is 24.3 Å². The molecule has 0 spiro atoms. The first-order valence-corrected chi connectivity index (χ1v) is 5.21. The molecule has 1 aromatic heterocycles. The molecule has 0 atom stereocenters. The van der Waals surface area contributed by atoms with Crippen LogP contribution in [0.15, 0.2) is 18.2 Å². The normalized spacial score (nSPS) is 14.7. The molecule has 2 rings (SSSR count). The third-order valence-corrected chi connectivity index (χ3v) is 2.42. The van der Waals surface area contributed by atoms with Crippen molar-refractivity contribution in [3.05, 3.63) is 35.3 Å². The van der Waals surface area contributed by atoms with Gasteiger partial charge in [-0.05, 0) is 19.9 Å². The zero-order chi connectivity index (χ0) is 11.8. The molecule has 4 heteroatoms. The Bertz CT molecular complexity index is 470. The van der Waals surface area contributed by atoms with Gasteiger partial charge in [0.15, 0.2) is 0 Å². The van der Waals surface area contributed by atoms with Gasteiger partial charge in [0.1, 0.15) is 17.1 Å². The quantitative estimate of drug-likeness (QED) is 0.746. The average molecular weight is 217 g/mol. The maximum atomic E-state index is 9.92. The van der Waals surface area contributed by atoms with E-state index in [0.29, 0.717) is 17.9 Å². The summed E-state index contributed by atoms with van der Waals surface area (Å²) in [5, 5.41) is 9.92. The van der Waals surface area contributed by atoms with Crippen molar-refractivity contribution in [1.29, 1.82) is 0 Å². The number of nitrogens with two attached hydrogens (primary N) is 1. The highest BCUT2D eigenvalue weighted by Gasteiger charge is 2.23. The summed E-state index contributed by atoms with van der Waals surface area (Å²) in [4.78, 5) is 8.67. The summed E-state index contributed by atoms with van der Waals surface area (Å²) in [6.45, 7) is 3.30. The predicted molar refractivity (Wildman–Crippen MR) is 63.6 cm³/mol. The highest BCUT2D eigenvalue weighted by atomic mass is 16.3. The molecular weight excluding hydrogens is 202 g/mol. The van der Waals surface area contributed by atoms with Gasteiger partial charge in [0.25, 0.3) is 0 Å². The molecule has 0 amide bonds. The zero-order valence-corrected chi connectivity index (χ0v) is 9.44. The Kier molecular flexibility index (Phi) is 2.52. The molecule has 1 heterocycles. The molecule has 0 bridgehead atoms. The summed E-state index contributed by atoms with van der Waals surface area (Å²) >= 11 is 0. The van der Waals surface area contributed by atoms with E-state index in [1.165, 1.54) is 0 Å². The SMILES string of the molecule is CC(C)(O)c1nc2c(nc1N)CC=CC=C2. The van der Waals surface area contributed by atoms with Crippen molar-refractivity contribution < 1.29 is 5.11 Å². The number of rotatable bonds is 1. The Labute approximate surface area is 94.5 Å². The summed E-state index contributed by atoms with van der Waals surface area (Å²) in [7, 11) is 0. The fourth-order valence-electron chi connectivity index (χ4n) is 1.64. The maximum absolute atomic E-state index is 9.92. The van der Waals surface area contributed by atoms with Crippen molar-refractivity contribution in [2.75, 3.05) is 5.73 Å². The minimum atomic E-state index is -1.07. The van der Waals surface area contributed by atoms with Crippen molar-refractivity contribution in [2.45, 2.75) is 25.9 Å². The molecule has 1 aliphatic carbocycles. The molecular formula is C12H15N3O. The fraction of sp³-hybridized carbons (Fsp3) is 0.333. The smallest absolute Gasteiger partial charge is 0.148 e. The molecule has 84 valence electrons. The standard InChI is InChI=1S/C12H15N3O/c1-12(2,16)10-11(13)15-9-7-5-3-4-6-8(9)14-10/h3-6,16H,7H2,1-2H3,(H2,13,15). The molecule has 16 heavy (non-hydrogen) atoms. The number of hydrogen-bond acceptors (Lipinski definition) is 4. The van der Waals surface area contributed by atoms with Crippen LogP contribution in [-0.2, 0) is 12.0 Å². The number of aromatic nitrogens is 2.